The van der Waals surface area contributed by atoms with E-state index in [1.807, 2.05) is 0 Å². The fourth-order valence-corrected chi connectivity index (χ4v) is 4.16. The van der Waals surface area contributed by atoms with Gasteiger partial charge in [-0.2, -0.15) is 0 Å². The van der Waals surface area contributed by atoms with E-state index in [1.54, 1.807) is 7.11 Å². The number of hydrogen-bond donors (Lipinski definition) is 0. The average molecular weight is 239 g/mol. The van der Waals surface area contributed by atoms with Crippen molar-refractivity contribution < 1.29 is 9.47 Å². The van der Waals surface area contributed by atoms with Gasteiger partial charge in [-0.1, -0.05) is 0 Å². The van der Waals surface area contributed by atoms with Gasteiger partial charge < -0.3 is 9.47 Å². The molecule has 3 heteroatoms. The largest absolute Gasteiger partial charge is 0.491 e. The maximum atomic E-state index is 5.54. The Kier molecular flexibility index (Phi) is 4.55. The molecule has 0 saturated carbocycles. The van der Waals surface area contributed by atoms with Crippen molar-refractivity contribution in [2.24, 2.45) is 0 Å². The second kappa shape index (κ2) is 6.16. The van der Waals surface area contributed by atoms with Crippen molar-refractivity contribution in [3.63, 3.8) is 0 Å². The van der Waals surface area contributed by atoms with Crippen molar-refractivity contribution in [3.8, 4) is 5.75 Å². The second-order valence-corrected chi connectivity index (χ2v) is 6.19. The van der Waals surface area contributed by atoms with E-state index >= 15 is 0 Å². The van der Waals surface area contributed by atoms with Gasteiger partial charge in [-0.05, 0) is 37.1 Å². The smallest absolute Gasteiger partial charge is 0.155 e. The van der Waals surface area contributed by atoms with Crippen molar-refractivity contribution in [2.75, 3.05) is 31.8 Å². The number of methoxy groups -OCH3 is 1. The van der Waals surface area contributed by atoms with Gasteiger partial charge in [0.2, 0.25) is 0 Å². The molecule has 0 atom stereocenters. The molecule has 1 fully saturated rings. The highest BCUT2D eigenvalue weighted by atomic mass is 32.2. The van der Waals surface area contributed by atoms with E-state index in [9.17, 15) is 0 Å². The van der Waals surface area contributed by atoms with Crippen molar-refractivity contribution in [2.45, 2.75) is 17.7 Å². The quantitative estimate of drug-likeness (QED) is 0.580. The third-order valence-corrected chi connectivity index (χ3v) is 5.25. The minimum atomic E-state index is 0.513. The minimum absolute atomic E-state index is 0.513. The maximum Gasteiger partial charge on any atom is 0.155 e. The molecule has 1 heterocycles. The Morgan fingerprint density at radius 2 is 1.75 bits per heavy atom. The van der Waals surface area contributed by atoms with Crippen LogP contribution in [0, 0.1) is 0 Å². The molecule has 0 unspecified atom stereocenters. The van der Waals surface area contributed by atoms with Crippen LogP contribution in [0.4, 0.5) is 0 Å². The van der Waals surface area contributed by atoms with E-state index in [2.05, 4.69) is 24.3 Å². The number of ether oxygens (including phenoxy) is 2. The van der Waals surface area contributed by atoms with Gasteiger partial charge in [0.15, 0.2) is 4.90 Å². The molecule has 2 nitrogen and oxygen atoms in total. The predicted molar refractivity (Wildman–Crippen MR) is 68.4 cm³/mol. The summed E-state index contributed by atoms with van der Waals surface area (Å²) in [6.45, 7) is 1.27. The predicted octanol–water partition coefficient (Wildman–Crippen LogP) is 2.48. The zero-order chi connectivity index (χ0) is 11.2. The first-order valence-corrected chi connectivity index (χ1v) is 7.36. The Labute approximate surface area is 100 Å². The van der Waals surface area contributed by atoms with Crippen LogP contribution in [-0.4, -0.2) is 31.8 Å². The van der Waals surface area contributed by atoms with Gasteiger partial charge in [0.1, 0.15) is 23.9 Å². The SMILES string of the molecule is COCCOc1ccc([S+]2CCCC2)cc1. The number of benzene rings is 1. The van der Waals surface area contributed by atoms with Gasteiger partial charge in [0.25, 0.3) is 0 Å². The molecule has 0 spiro atoms. The molecule has 0 amide bonds. The summed E-state index contributed by atoms with van der Waals surface area (Å²) >= 11 is 0. The van der Waals surface area contributed by atoms with Crippen molar-refractivity contribution in [1.82, 2.24) is 0 Å². The minimum Gasteiger partial charge on any atom is -0.491 e. The summed E-state index contributed by atoms with van der Waals surface area (Å²) in [6.07, 6.45) is 2.80. The molecule has 0 N–H and O–H groups in total. The molecule has 1 aromatic rings. The van der Waals surface area contributed by atoms with E-state index in [1.165, 1.54) is 29.2 Å². The summed E-state index contributed by atoms with van der Waals surface area (Å²) < 4.78 is 10.5. The van der Waals surface area contributed by atoms with Crippen LogP contribution in [0.1, 0.15) is 12.8 Å². The zero-order valence-electron chi connectivity index (χ0n) is 9.78. The number of rotatable bonds is 5. The Bertz CT molecular complexity index is 304. The lowest BCUT2D eigenvalue weighted by atomic mass is 10.3. The van der Waals surface area contributed by atoms with E-state index in [0.717, 1.165) is 5.75 Å². The van der Waals surface area contributed by atoms with E-state index < -0.39 is 0 Å². The summed E-state index contributed by atoms with van der Waals surface area (Å²) in [6, 6.07) is 8.60. The van der Waals surface area contributed by atoms with Crippen LogP contribution < -0.4 is 4.74 Å². The molecule has 2 rings (SSSR count). The van der Waals surface area contributed by atoms with Crippen LogP contribution in [-0.2, 0) is 15.6 Å². The normalized spacial score (nSPS) is 16.6. The van der Waals surface area contributed by atoms with Crippen LogP contribution in [0.15, 0.2) is 29.2 Å². The second-order valence-electron chi connectivity index (χ2n) is 3.92. The third-order valence-electron chi connectivity index (χ3n) is 2.74. The molecule has 1 saturated heterocycles. The van der Waals surface area contributed by atoms with Gasteiger partial charge in [-0.15, -0.1) is 0 Å². The molecule has 1 aromatic carbocycles. The lowest BCUT2D eigenvalue weighted by molar-refractivity contribution is 0.146. The van der Waals surface area contributed by atoms with E-state index in [-0.39, 0.29) is 0 Å². The Balaban J connectivity index is 1.88. The molecule has 88 valence electrons. The molecular formula is C13H19O2S+. The first-order chi connectivity index (χ1) is 7.90. The molecule has 0 bridgehead atoms. The highest BCUT2D eigenvalue weighted by molar-refractivity contribution is 7.97. The third kappa shape index (κ3) is 3.16. The lowest BCUT2D eigenvalue weighted by Gasteiger charge is -2.05. The summed E-state index contributed by atoms with van der Waals surface area (Å²) in [5, 5.41) is 0. The van der Waals surface area contributed by atoms with Gasteiger partial charge in [0.05, 0.1) is 6.61 Å². The molecule has 1 aliphatic rings. The molecule has 0 aliphatic carbocycles. The zero-order valence-corrected chi connectivity index (χ0v) is 10.6. The first kappa shape index (κ1) is 11.8. The molecule has 0 aromatic heterocycles. The maximum absolute atomic E-state index is 5.54. The lowest BCUT2D eigenvalue weighted by Crippen LogP contribution is -2.05. The Hall–Kier alpha value is -0.670. The van der Waals surface area contributed by atoms with Crippen LogP contribution in [0.25, 0.3) is 0 Å². The van der Waals surface area contributed by atoms with Crippen LogP contribution in [0.3, 0.4) is 0 Å². The van der Waals surface area contributed by atoms with Crippen LogP contribution in [0.5, 0.6) is 5.75 Å². The van der Waals surface area contributed by atoms with Gasteiger partial charge in [-0.25, -0.2) is 0 Å². The Morgan fingerprint density at radius 3 is 2.38 bits per heavy atom. The van der Waals surface area contributed by atoms with E-state index in [0.29, 0.717) is 24.1 Å². The topological polar surface area (TPSA) is 18.5 Å². The van der Waals surface area contributed by atoms with Crippen molar-refractivity contribution in [3.05, 3.63) is 24.3 Å². The highest BCUT2D eigenvalue weighted by Crippen LogP contribution is 2.24. The summed E-state index contributed by atoms with van der Waals surface area (Å²) in [4.78, 5) is 1.50. The average Bonchev–Trinajstić information content (AvgIpc) is 2.84. The standard InChI is InChI=1S/C13H19O2S/c1-14-8-9-15-12-4-6-13(7-5-12)16-10-2-3-11-16/h4-7H,2-3,8-11H2,1H3/q+1. The van der Waals surface area contributed by atoms with Crippen LogP contribution >= 0.6 is 0 Å². The summed E-state index contributed by atoms with van der Waals surface area (Å²) in [5.41, 5.74) is 0. The fraction of sp³-hybridized carbons (Fsp3) is 0.538. The van der Waals surface area contributed by atoms with Crippen LogP contribution in [0.2, 0.25) is 0 Å². The summed E-state index contributed by atoms with van der Waals surface area (Å²) in [5.74, 6) is 3.71. The van der Waals surface area contributed by atoms with Crippen molar-refractivity contribution >= 4 is 10.9 Å². The molecule has 0 radical (unpaired) electrons. The Morgan fingerprint density at radius 1 is 1.06 bits per heavy atom. The first-order valence-electron chi connectivity index (χ1n) is 5.79. The van der Waals surface area contributed by atoms with Crippen molar-refractivity contribution in [1.29, 1.82) is 0 Å². The monoisotopic (exact) mass is 239 g/mol. The summed E-state index contributed by atoms with van der Waals surface area (Å²) in [7, 11) is 2.20. The molecular weight excluding hydrogens is 220 g/mol. The number of hydrogen-bond acceptors (Lipinski definition) is 2. The van der Waals surface area contributed by atoms with Gasteiger partial charge >= 0.3 is 0 Å². The molecule has 16 heavy (non-hydrogen) atoms. The van der Waals surface area contributed by atoms with E-state index in [4.69, 9.17) is 9.47 Å². The molecule has 1 aliphatic heterocycles. The highest BCUT2D eigenvalue weighted by Gasteiger charge is 2.26. The fourth-order valence-electron chi connectivity index (χ4n) is 1.86. The van der Waals surface area contributed by atoms with Gasteiger partial charge in [-0.3, -0.25) is 0 Å². The van der Waals surface area contributed by atoms with Gasteiger partial charge in [0, 0.05) is 18.0 Å².